The molecule has 4 saturated carbocycles. The second kappa shape index (κ2) is 10.4. The molecule has 0 aromatic heterocycles. The third-order valence-corrected chi connectivity index (χ3v) is 11.9. The molecule has 10 heteroatoms. The highest BCUT2D eigenvalue weighted by Crippen LogP contribution is 2.68. The van der Waals surface area contributed by atoms with E-state index in [1.165, 1.54) is 0 Å². The Kier molecular flexibility index (Phi) is 8.02. The molecular formula is C26H44N4O5S. The Hall–Kier alpha value is -1.35. The van der Waals surface area contributed by atoms with Crippen LogP contribution >= 0.6 is 0 Å². The maximum atomic E-state index is 12.2. The molecule has 4 fully saturated rings. The molecule has 0 aliphatic heterocycles. The fraction of sp³-hybridized carbons (Fsp3) is 0.962. The first-order valence-corrected chi connectivity index (χ1v) is 15.4. The number of amides is 1. The molecule has 1 unspecified atom stereocenters. The first-order chi connectivity index (χ1) is 16.9. The van der Waals surface area contributed by atoms with Crippen LogP contribution in [0.4, 0.5) is 0 Å². The summed E-state index contributed by atoms with van der Waals surface area (Å²) in [6.07, 6.45) is 9.08. The highest BCUT2D eigenvalue weighted by molar-refractivity contribution is 7.85. The Morgan fingerprint density at radius 1 is 1.14 bits per heavy atom. The highest BCUT2D eigenvalue weighted by Gasteiger charge is 2.62. The minimum atomic E-state index is -4.07. The summed E-state index contributed by atoms with van der Waals surface area (Å²) >= 11 is 0. The van der Waals surface area contributed by atoms with Gasteiger partial charge in [-0.1, -0.05) is 25.9 Å². The van der Waals surface area contributed by atoms with Crippen molar-refractivity contribution in [1.29, 1.82) is 0 Å². The number of nitrogens with zero attached hydrogens (tertiary/aromatic N) is 3. The second-order valence-corrected chi connectivity index (χ2v) is 14.4. The fourth-order valence-electron chi connectivity index (χ4n) is 9.32. The van der Waals surface area contributed by atoms with Gasteiger partial charge in [-0.15, -0.1) is 0 Å². The van der Waals surface area contributed by atoms with Crippen LogP contribution in [0, 0.1) is 46.3 Å². The van der Waals surface area contributed by atoms with Crippen molar-refractivity contribution in [2.75, 3.05) is 12.3 Å². The quantitative estimate of drug-likeness (QED) is 0.182. The van der Waals surface area contributed by atoms with Crippen molar-refractivity contribution in [3.05, 3.63) is 10.4 Å². The van der Waals surface area contributed by atoms with Crippen molar-refractivity contribution in [1.82, 2.24) is 5.32 Å². The van der Waals surface area contributed by atoms with E-state index in [-0.39, 0.29) is 35.4 Å². The molecular weight excluding hydrogens is 480 g/mol. The summed E-state index contributed by atoms with van der Waals surface area (Å²) in [6, 6.07) is 0.0626. The minimum Gasteiger partial charge on any atom is -0.393 e. The Bertz CT molecular complexity index is 985. The number of aliphatic hydroxyl groups excluding tert-OH is 1. The number of azide groups is 1. The molecule has 0 aromatic rings. The summed E-state index contributed by atoms with van der Waals surface area (Å²) in [5.41, 5.74) is 9.28. The molecule has 0 spiro atoms. The van der Waals surface area contributed by atoms with Crippen LogP contribution in [0.25, 0.3) is 10.4 Å². The lowest BCUT2D eigenvalue weighted by Gasteiger charge is -2.62. The van der Waals surface area contributed by atoms with Crippen molar-refractivity contribution in [3.8, 4) is 0 Å². The Morgan fingerprint density at radius 2 is 1.83 bits per heavy atom. The van der Waals surface area contributed by atoms with Gasteiger partial charge in [-0.3, -0.25) is 9.35 Å². The molecule has 36 heavy (non-hydrogen) atoms. The topological polar surface area (TPSA) is 152 Å². The fourth-order valence-corrected chi connectivity index (χ4v) is 9.68. The van der Waals surface area contributed by atoms with Crippen molar-refractivity contribution in [3.63, 3.8) is 0 Å². The van der Waals surface area contributed by atoms with E-state index in [9.17, 15) is 18.3 Å². The summed E-state index contributed by atoms with van der Waals surface area (Å²) < 4.78 is 30.5. The maximum absolute atomic E-state index is 12.2. The molecule has 4 aliphatic carbocycles. The molecule has 0 aromatic carbocycles. The van der Waals surface area contributed by atoms with Crippen LogP contribution in [0.3, 0.4) is 0 Å². The van der Waals surface area contributed by atoms with Crippen LogP contribution in [0.2, 0.25) is 0 Å². The first-order valence-electron chi connectivity index (χ1n) is 13.8. The van der Waals surface area contributed by atoms with Crippen molar-refractivity contribution in [2.45, 2.75) is 97.1 Å². The lowest BCUT2D eigenvalue weighted by Crippen LogP contribution is -2.58. The van der Waals surface area contributed by atoms with E-state index in [1.54, 1.807) is 0 Å². The predicted molar refractivity (Wildman–Crippen MR) is 137 cm³/mol. The zero-order valence-corrected chi connectivity index (χ0v) is 22.8. The van der Waals surface area contributed by atoms with Crippen LogP contribution in [0.1, 0.15) is 85.0 Å². The van der Waals surface area contributed by atoms with Gasteiger partial charge in [0.05, 0.1) is 11.9 Å². The van der Waals surface area contributed by atoms with Gasteiger partial charge >= 0.3 is 0 Å². The minimum absolute atomic E-state index is 0.0626. The first kappa shape index (κ1) is 27.7. The second-order valence-electron chi connectivity index (χ2n) is 12.8. The number of hydrogen-bond donors (Lipinski definition) is 3. The van der Waals surface area contributed by atoms with Gasteiger partial charge in [0.15, 0.2) is 0 Å². The predicted octanol–water partition coefficient (Wildman–Crippen LogP) is 4.72. The summed E-state index contributed by atoms with van der Waals surface area (Å²) in [5, 5.41) is 18.1. The molecule has 204 valence electrons. The van der Waals surface area contributed by atoms with Gasteiger partial charge in [-0.2, -0.15) is 8.42 Å². The molecule has 9 nitrogen and oxygen atoms in total. The van der Waals surface area contributed by atoms with E-state index >= 15 is 0 Å². The normalized spacial score (nSPS) is 42.9. The molecule has 0 heterocycles. The Morgan fingerprint density at radius 3 is 2.53 bits per heavy atom. The van der Waals surface area contributed by atoms with Crippen LogP contribution in [-0.4, -0.2) is 48.4 Å². The molecule has 0 bridgehead atoms. The number of nitrogens with one attached hydrogen (secondary N) is 1. The van der Waals surface area contributed by atoms with Crippen molar-refractivity contribution >= 4 is 16.0 Å². The molecule has 1 amide bonds. The lowest BCUT2D eigenvalue weighted by molar-refractivity contribution is -0.166. The van der Waals surface area contributed by atoms with Crippen LogP contribution in [0.15, 0.2) is 5.11 Å². The van der Waals surface area contributed by atoms with E-state index in [0.717, 1.165) is 57.8 Å². The maximum Gasteiger partial charge on any atom is 0.266 e. The van der Waals surface area contributed by atoms with Gasteiger partial charge in [0.2, 0.25) is 5.91 Å². The zero-order valence-electron chi connectivity index (χ0n) is 22.0. The van der Waals surface area contributed by atoms with Gasteiger partial charge in [0, 0.05) is 23.9 Å². The summed E-state index contributed by atoms with van der Waals surface area (Å²) in [6.45, 7) is 7.03. The van der Waals surface area contributed by atoms with E-state index in [4.69, 9.17) is 10.1 Å². The van der Waals surface area contributed by atoms with E-state index < -0.39 is 15.9 Å². The smallest absolute Gasteiger partial charge is 0.266 e. The molecule has 10 atom stereocenters. The number of fused-ring (bicyclic) bond motifs is 5. The average molecular weight is 525 g/mol. The summed E-state index contributed by atoms with van der Waals surface area (Å²) in [5.74, 6) is 1.98. The molecule has 4 rings (SSSR count). The van der Waals surface area contributed by atoms with E-state index in [0.29, 0.717) is 41.9 Å². The van der Waals surface area contributed by atoms with Gasteiger partial charge in [-0.05, 0) is 110 Å². The van der Waals surface area contributed by atoms with Crippen LogP contribution in [0.5, 0.6) is 0 Å². The number of carbonyl (C=O) groups excluding carboxylic acids is 1. The summed E-state index contributed by atoms with van der Waals surface area (Å²) in [7, 11) is -4.07. The van der Waals surface area contributed by atoms with Crippen LogP contribution in [-0.2, 0) is 14.9 Å². The SMILES string of the molecule is C[C@H](CCC(=O)NCCS(=O)(=O)O)[C@H]1CC[C@H]2[C@@H]3[C@@H](O)CC4C[C@H](N=[N+]=[N-])CC[C@]4(C)[C@H]3CC[C@]12C. The van der Waals surface area contributed by atoms with Gasteiger partial charge in [0.25, 0.3) is 10.1 Å². The average Bonchev–Trinajstić information content (AvgIpc) is 3.15. The van der Waals surface area contributed by atoms with E-state index in [1.807, 2.05) is 0 Å². The Balaban J connectivity index is 1.39. The number of carbonyl (C=O) groups is 1. The van der Waals surface area contributed by atoms with Gasteiger partial charge < -0.3 is 10.4 Å². The largest absolute Gasteiger partial charge is 0.393 e. The number of rotatable bonds is 8. The summed E-state index contributed by atoms with van der Waals surface area (Å²) in [4.78, 5) is 15.3. The Labute approximate surface area is 215 Å². The van der Waals surface area contributed by atoms with Crippen LogP contribution < -0.4 is 5.32 Å². The number of hydrogen-bond acceptors (Lipinski definition) is 5. The molecule has 4 aliphatic rings. The molecule has 0 saturated heterocycles. The highest BCUT2D eigenvalue weighted by atomic mass is 32.2. The van der Waals surface area contributed by atoms with Gasteiger partial charge in [-0.25, -0.2) is 0 Å². The lowest BCUT2D eigenvalue weighted by atomic mass is 9.43. The standard InChI is InChI=1S/C26H44N4O5S/c1-16(4-7-23(32)28-12-13-36(33,34)35)19-5-6-20-24-21(9-11-26(19,20)3)25(2)10-8-18(29-30-27)14-17(25)15-22(24)31/h16-22,24,31H,4-15H2,1-3H3,(H,28,32)(H,33,34,35)/t16-,17?,18-,19-,20+,21+,22+,24+,25+,26-/m1/s1. The molecule has 0 radical (unpaired) electrons. The molecule has 3 N–H and O–H groups in total. The van der Waals surface area contributed by atoms with Crippen molar-refractivity contribution < 1.29 is 22.9 Å². The van der Waals surface area contributed by atoms with E-state index in [2.05, 4.69) is 36.1 Å². The third kappa shape index (κ3) is 5.29. The monoisotopic (exact) mass is 524 g/mol. The van der Waals surface area contributed by atoms with Gasteiger partial charge in [0.1, 0.15) is 0 Å². The zero-order chi connectivity index (χ0) is 26.3. The third-order valence-electron chi connectivity index (χ3n) is 11.1. The number of aliphatic hydroxyl groups is 1. The van der Waals surface area contributed by atoms with Crippen molar-refractivity contribution in [2.24, 2.45) is 51.5 Å².